The molecule has 0 spiro atoms. The van der Waals surface area contributed by atoms with E-state index in [9.17, 15) is 9.59 Å². The molecule has 29 heavy (non-hydrogen) atoms. The number of aromatic nitrogens is 1. The van der Waals surface area contributed by atoms with Crippen molar-refractivity contribution in [3.8, 4) is 0 Å². The lowest BCUT2D eigenvalue weighted by molar-refractivity contribution is -0.125. The predicted molar refractivity (Wildman–Crippen MR) is 112 cm³/mol. The van der Waals surface area contributed by atoms with Gasteiger partial charge in [0.25, 0.3) is 0 Å². The molecule has 2 amide bonds. The first-order valence-corrected chi connectivity index (χ1v) is 10.3. The Morgan fingerprint density at radius 1 is 1.38 bits per heavy atom. The number of pyridine rings is 1. The Hall–Kier alpha value is -2.74. The van der Waals surface area contributed by atoms with Gasteiger partial charge in [-0.1, -0.05) is 0 Å². The van der Waals surface area contributed by atoms with E-state index in [4.69, 9.17) is 5.84 Å². The van der Waals surface area contributed by atoms with Crippen molar-refractivity contribution in [2.24, 2.45) is 22.7 Å². The highest BCUT2D eigenvalue weighted by Crippen LogP contribution is 2.39. The van der Waals surface area contributed by atoms with Crippen LogP contribution < -0.4 is 11.2 Å². The number of nitrogens with two attached hydrogens (primary N) is 1. The van der Waals surface area contributed by atoms with Gasteiger partial charge in [-0.3, -0.25) is 19.6 Å². The van der Waals surface area contributed by atoms with Gasteiger partial charge in [0.15, 0.2) is 0 Å². The molecule has 1 aromatic rings. The molecule has 8 nitrogen and oxygen atoms in total. The number of fused-ring (bicyclic) bond motifs is 2. The number of rotatable bonds is 5. The normalized spacial score (nSPS) is 26.1. The van der Waals surface area contributed by atoms with E-state index in [1.165, 1.54) is 0 Å². The van der Waals surface area contributed by atoms with Crippen LogP contribution in [0.3, 0.4) is 0 Å². The summed E-state index contributed by atoms with van der Waals surface area (Å²) in [5.41, 5.74) is 1.89. The number of amides is 2. The fourth-order valence-corrected chi connectivity index (χ4v) is 4.60. The predicted octanol–water partition coefficient (Wildman–Crippen LogP) is 1.44. The molecule has 4 rings (SSSR count). The second-order valence-corrected chi connectivity index (χ2v) is 8.11. The van der Waals surface area contributed by atoms with Crippen LogP contribution in [-0.4, -0.2) is 58.7 Å². The second kappa shape index (κ2) is 8.32. The molecule has 8 heteroatoms. The van der Waals surface area contributed by atoms with Gasteiger partial charge in [-0.25, -0.2) is 10.8 Å². The molecular formula is C21H28N6O2. The quantitative estimate of drug-likeness (QED) is 0.258. The molecule has 2 unspecified atom stereocenters. The van der Waals surface area contributed by atoms with Gasteiger partial charge >= 0.3 is 0 Å². The third kappa shape index (κ3) is 4.32. The zero-order chi connectivity index (χ0) is 20.4. The lowest BCUT2D eigenvalue weighted by atomic mass is 10.0. The van der Waals surface area contributed by atoms with Crippen LogP contribution in [0, 0.1) is 11.8 Å². The maximum Gasteiger partial charge on any atom is 0.246 e. The molecule has 1 saturated heterocycles. The lowest BCUT2D eigenvalue weighted by Crippen LogP contribution is -2.40. The van der Waals surface area contributed by atoms with Crippen LogP contribution in [0.15, 0.2) is 23.3 Å². The zero-order valence-electron chi connectivity index (χ0n) is 16.8. The third-order valence-corrected chi connectivity index (χ3v) is 6.14. The highest BCUT2D eigenvalue weighted by atomic mass is 16.2. The summed E-state index contributed by atoms with van der Waals surface area (Å²) in [5.74, 6) is 7.78. The fourth-order valence-electron chi connectivity index (χ4n) is 4.60. The molecule has 2 fully saturated rings. The molecule has 3 heterocycles. The van der Waals surface area contributed by atoms with E-state index < -0.39 is 0 Å². The first kappa shape index (κ1) is 19.6. The summed E-state index contributed by atoms with van der Waals surface area (Å²) >= 11 is 0. The minimum absolute atomic E-state index is 0.000644. The maximum atomic E-state index is 12.6. The van der Waals surface area contributed by atoms with Crippen molar-refractivity contribution in [3.63, 3.8) is 0 Å². The van der Waals surface area contributed by atoms with Crippen molar-refractivity contribution in [2.75, 3.05) is 25.0 Å². The Morgan fingerprint density at radius 2 is 2.14 bits per heavy atom. The van der Waals surface area contributed by atoms with Crippen LogP contribution in [0.5, 0.6) is 0 Å². The van der Waals surface area contributed by atoms with E-state index in [1.807, 2.05) is 24.0 Å². The van der Waals surface area contributed by atoms with Gasteiger partial charge in [-0.15, -0.1) is 0 Å². The molecule has 1 aliphatic carbocycles. The molecule has 2 atom stereocenters. The minimum Gasteiger partial charge on any atom is -0.339 e. The molecule has 1 saturated carbocycles. The molecule has 154 valence electrons. The monoisotopic (exact) mass is 396 g/mol. The van der Waals surface area contributed by atoms with Gasteiger partial charge in [0.2, 0.25) is 11.8 Å². The summed E-state index contributed by atoms with van der Waals surface area (Å²) in [6, 6.07) is 2.30. The van der Waals surface area contributed by atoms with Crippen LogP contribution in [0.1, 0.15) is 37.3 Å². The first-order chi connectivity index (χ1) is 14.0. The van der Waals surface area contributed by atoms with E-state index in [-0.39, 0.29) is 11.8 Å². The van der Waals surface area contributed by atoms with Gasteiger partial charge in [0.1, 0.15) is 5.82 Å². The molecule has 0 radical (unpaired) electrons. The lowest BCUT2D eigenvalue weighted by Gasteiger charge is -2.23. The number of anilines is 1. The van der Waals surface area contributed by atoms with Gasteiger partial charge in [-0.2, -0.15) is 0 Å². The Balaban J connectivity index is 1.32. The number of nitrogens with one attached hydrogen (secondary N) is 1. The van der Waals surface area contributed by atoms with Gasteiger partial charge in [0, 0.05) is 44.4 Å². The van der Waals surface area contributed by atoms with E-state index in [0.717, 1.165) is 43.6 Å². The average molecular weight is 396 g/mol. The van der Waals surface area contributed by atoms with Gasteiger partial charge < -0.3 is 10.2 Å². The van der Waals surface area contributed by atoms with Crippen LogP contribution in [0.25, 0.3) is 6.08 Å². The van der Waals surface area contributed by atoms with Gasteiger partial charge in [0.05, 0.1) is 6.34 Å². The van der Waals surface area contributed by atoms with Crippen molar-refractivity contribution >= 4 is 30.0 Å². The SMILES string of the molecule is CCN=CN(N)C1CC2CN(C(=O)/C=C/c3cnc4c(c3)CCC(=O)N4)CC2C1. The van der Waals surface area contributed by atoms with Crippen LogP contribution in [-0.2, 0) is 16.0 Å². The molecular weight excluding hydrogens is 368 g/mol. The smallest absolute Gasteiger partial charge is 0.246 e. The number of aryl methyl sites for hydroxylation is 1. The van der Waals surface area contributed by atoms with E-state index in [0.29, 0.717) is 36.5 Å². The number of likely N-dealkylation sites (tertiary alicyclic amines) is 1. The number of carbonyl (C=O) groups is 2. The van der Waals surface area contributed by atoms with Crippen LogP contribution in [0.2, 0.25) is 0 Å². The standard InChI is InChI=1S/C21H28N6O2/c1-2-23-13-27(22)18-8-16-11-26(12-17(16)9-18)20(29)6-3-14-7-15-4-5-19(28)25-21(15)24-10-14/h3,6-7,10,13,16-18H,2,4-5,8-9,11-12,22H2,1H3,(H,24,25,28)/b6-3+,23-13?. The Labute approximate surface area is 170 Å². The molecule has 3 aliphatic rings. The third-order valence-electron chi connectivity index (χ3n) is 6.14. The molecule has 1 aromatic heterocycles. The largest absolute Gasteiger partial charge is 0.339 e. The molecule has 2 aliphatic heterocycles. The number of hydrogen-bond acceptors (Lipinski definition) is 5. The first-order valence-electron chi connectivity index (χ1n) is 10.3. The average Bonchev–Trinajstić information content (AvgIpc) is 3.29. The molecule has 0 bridgehead atoms. The second-order valence-electron chi connectivity index (χ2n) is 8.11. The van der Waals surface area contributed by atoms with Crippen LogP contribution in [0.4, 0.5) is 5.82 Å². The van der Waals surface area contributed by atoms with Crippen molar-refractivity contribution in [1.29, 1.82) is 0 Å². The van der Waals surface area contributed by atoms with Gasteiger partial charge in [-0.05, 0) is 61.3 Å². The van der Waals surface area contributed by atoms with E-state index >= 15 is 0 Å². The van der Waals surface area contributed by atoms with Crippen LogP contribution >= 0.6 is 0 Å². The summed E-state index contributed by atoms with van der Waals surface area (Å²) in [6.45, 7) is 4.30. The summed E-state index contributed by atoms with van der Waals surface area (Å²) in [6.07, 6.45) is 10.0. The summed E-state index contributed by atoms with van der Waals surface area (Å²) in [5, 5.41) is 4.51. The van der Waals surface area contributed by atoms with Crippen molar-refractivity contribution in [1.82, 2.24) is 14.9 Å². The highest BCUT2D eigenvalue weighted by Gasteiger charge is 2.43. The Bertz CT molecular complexity index is 838. The highest BCUT2D eigenvalue weighted by molar-refractivity contribution is 5.94. The number of aliphatic imine (C=N–C) groups is 1. The zero-order valence-corrected chi connectivity index (χ0v) is 16.8. The Kier molecular flexibility index (Phi) is 5.62. The summed E-state index contributed by atoms with van der Waals surface area (Å²) in [4.78, 5) is 34.5. The van der Waals surface area contributed by atoms with Crippen molar-refractivity contribution < 1.29 is 9.59 Å². The van der Waals surface area contributed by atoms with E-state index in [1.54, 1.807) is 23.6 Å². The van der Waals surface area contributed by atoms with E-state index in [2.05, 4.69) is 15.3 Å². The summed E-state index contributed by atoms with van der Waals surface area (Å²) < 4.78 is 0. The van der Waals surface area contributed by atoms with Crippen molar-refractivity contribution in [2.45, 2.75) is 38.6 Å². The van der Waals surface area contributed by atoms with Crippen molar-refractivity contribution in [3.05, 3.63) is 29.5 Å². The topological polar surface area (TPSA) is 104 Å². The molecule has 0 aromatic carbocycles. The maximum absolute atomic E-state index is 12.6. The number of nitrogens with zero attached hydrogens (tertiary/aromatic N) is 4. The fraction of sp³-hybridized carbons (Fsp3) is 0.524. The molecule has 3 N–H and O–H groups in total. The number of hydrogen-bond donors (Lipinski definition) is 2. The number of carbonyl (C=O) groups excluding carboxylic acids is 2. The Morgan fingerprint density at radius 3 is 2.86 bits per heavy atom. The number of hydrazine groups is 1. The summed E-state index contributed by atoms with van der Waals surface area (Å²) in [7, 11) is 0. The minimum atomic E-state index is 0.000644.